The Kier molecular flexibility index (Phi) is 3.09. The quantitative estimate of drug-likeness (QED) is 0.883. The van der Waals surface area contributed by atoms with Crippen molar-refractivity contribution in [3.05, 3.63) is 29.8 Å². The van der Waals surface area contributed by atoms with Crippen LogP contribution in [0.5, 0.6) is 0 Å². The first-order chi connectivity index (χ1) is 9.18. The van der Waals surface area contributed by atoms with Crippen LogP contribution in [-0.2, 0) is 10.2 Å². The van der Waals surface area contributed by atoms with Gasteiger partial charge in [0.1, 0.15) is 0 Å². The maximum absolute atomic E-state index is 12.9. The first-order valence-electron chi connectivity index (χ1n) is 7.32. The molecule has 1 fully saturated rings. The fraction of sp³-hybridized carbons (Fsp3) is 0.562. The van der Waals surface area contributed by atoms with Gasteiger partial charge in [-0.3, -0.25) is 4.79 Å². The van der Waals surface area contributed by atoms with Gasteiger partial charge >= 0.3 is 0 Å². The first-order valence-corrected chi connectivity index (χ1v) is 7.32. The molecule has 0 bridgehead atoms. The number of benzene rings is 1. The summed E-state index contributed by atoms with van der Waals surface area (Å²) in [5.74, 6) is 0.295. The van der Waals surface area contributed by atoms with E-state index in [1.807, 2.05) is 12.1 Å². The number of para-hydroxylation sites is 1. The number of rotatable bonds is 2. The average Bonchev–Trinajstić information content (AvgIpc) is 2.70. The molecule has 2 aliphatic heterocycles. The summed E-state index contributed by atoms with van der Waals surface area (Å²) in [4.78, 5) is 15.0. The number of hydrogen-bond donors (Lipinski definition) is 1. The molecule has 1 aromatic carbocycles. The van der Waals surface area contributed by atoms with Crippen molar-refractivity contribution >= 4 is 11.6 Å². The monoisotopic (exact) mass is 258 g/mol. The van der Waals surface area contributed by atoms with Crippen LogP contribution in [0.2, 0.25) is 0 Å². The third-order valence-electron chi connectivity index (χ3n) is 4.83. The van der Waals surface area contributed by atoms with Crippen LogP contribution < -0.4 is 10.2 Å². The number of amides is 1. The third-order valence-corrected chi connectivity index (χ3v) is 4.83. The highest BCUT2D eigenvalue weighted by Crippen LogP contribution is 2.45. The minimum atomic E-state index is -0.332. The van der Waals surface area contributed by atoms with Crippen molar-refractivity contribution in [1.82, 2.24) is 5.32 Å². The van der Waals surface area contributed by atoms with Crippen LogP contribution in [0.1, 0.15) is 38.7 Å². The number of nitrogens with zero attached hydrogens (tertiary/aromatic N) is 1. The Morgan fingerprint density at radius 2 is 2.00 bits per heavy atom. The summed E-state index contributed by atoms with van der Waals surface area (Å²) >= 11 is 0. The molecule has 19 heavy (non-hydrogen) atoms. The summed E-state index contributed by atoms with van der Waals surface area (Å²) in [6.45, 7) is 6.23. The Morgan fingerprint density at radius 3 is 2.68 bits per heavy atom. The highest BCUT2D eigenvalue weighted by molar-refractivity contribution is 6.08. The van der Waals surface area contributed by atoms with Gasteiger partial charge in [-0.2, -0.15) is 0 Å². The van der Waals surface area contributed by atoms with Crippen LogP contribution in [0.4, 0.5) is 5.69 Å². The predicted molar refractivity (Wildman–Crippen MR) is 77.5 cm³/mol. The third kappa shape index (κ3) is 1.79. The van der Waals surface area contributed by atoms with Gasteiger partial charge in [0.15, 0.2) is 0 Å². The molecule has 3 rings (SSSR count). The van der Waals surface area contributed by atoms with E-state index in [1.54, 1.807) is 0 Å². The van der Waals surface area contributed by atoms with Crippen molar-refractivity contribution in [2.75, 3.05) is 18.0 Å². The van der Waals surface area contributed by atoms with Crippen LogP contribution in [0.15, 0.2) is 24.3 Å². The summed E-state index contributed by atoms with van der Waals surface area (Å²) in [5.41, 5.74) is 2.02. The molecule has 2 aliphatic rings. The van der Waals surface area contributed by atoms with E-state index in [-0.39, 0.29) is 5.41 Å². The predicted octanol–water partition coefficient (Wildman–Crippen LogP) is 2.45. The molecule has 1 saturated heterocycles. The van der Waals surface area contributed by atoms with Gasteiger partial charge in [-0.1, -0.05) is 25.1 Å². The molecule has 0 radical (unpaired) electrons. The minimum absolute atomic E-state index is 0.295. The Hall–Kier alpha value is -1.35. The summed E-state index contributed by atoms with van der Waals surface area (Å²) in [6, 6.07) is 8.69. The van der Waals surface area contributed by atoms with E-state index in [0.29, 0.717) is 11.9 Å². The molecule has 2 heterocycles. The number of carbonyl (C=O) groups is 1. The zero-order valence-electron chi connectivity index (χ0n) is 11.8. The lowest BCUT2D eigenvalue weighted by Gasteiger charge is -2.33. The van der Waals surface area contributed by atoms with Crippen LogP contribution in [-0.4, -0.2) is 25.0 Å². The molecular formula is C16H22N2O. The summed E-state index contributed by atoms with van der Waals surface area (Å²) < 4.78 is 0. The first kappa shape index (κ1) is 12.7. The van der Waals surface area contributed by atoms with E-state index in [4.69, 9.17) is 0 Å². The minimum Gasteiger partial charge on any atom is -0.317 e. The molecule has 1 N–H and O–H groups in total. The highest BCUT2D eigenvalue weighted by Gasteiger charge is 2.47. The number of hydrogen-bond acceptors (Lipinski definition) is 2. The van der Waals surface area contributed by atoms with E-state index >= 15 is 0 Å². The summed E-state index contributed by atoms with van der Waals surface area (Å²) in [7, 11) is 0. The second-order valence-electron chi connectivity index (χ2n) is 5.86. The Bertz CT molecular complexity index is 493. The van der Waals surface area contributed by atoms with Crippen molar-refractivity contribution in [1.29, 1.82) is 0 Å². The van der Waals surface area contributed by atoms with Crippen molar-refractivity contribution in [2.45, 2.75) is 44.6 Å². The van der Waals surface area contributed by atoms with Crippen molar-refractivity contribution < 1.29 is 4.79 Å². The van der Waals surface area contributed by atoms with Crippen LogP contribution >= 0.6 is 0 Å². The molecular weight excluding hydrogens is 236 g/mol. The van der Waals surface area contributed by atoms with E-state index in [9.17, 15) is 4.79 Å². The standard InChI is InChI=1S/C16H22N2O/c1-3-16(2)13-6-4-5-7-14(13)18(15(16)19)12-8-10-17-11-9-12/h4-7,12,17H,3,8-11H2,1-2H3/t16-/m0/s1. The molecule has 1 atom stereocenters. The van der Waals surface area contributed by atoms with Crippen LogP contribution in [0.3, 0.4) is 0 Å². The average molecular weight is 258 g/mol. The largest absolute Gasteiger partial charge is 0.317 e. The van der Waals surface area contributed by atoms with Crippen molar-refractivity contribution in [3.8, 4) is 0 Å². The number of carbonyl (C=O) groups excluding carboxylic acids is 1. The summed E-state index contributed by atoms with van der Waals surface area (Å²) in [6.07, 6.45) is 2.98. The van der Waals surface area contributed by atoms with Gasteiger partial charge in [-0.15, -0.1) is 0 Å². The van der Waals surface area contributed by atoms with Gasteiger partial charge in [-0.05, 0) is 50.9 Å². The molecule has 0 spiro atoms. The van der Waals surface area contributed by atoms with Gasteiger partial charge in [0, 0.05) is 11.7 Å². The van der Waals surface area contributed by atoms with Gasteiger partial charge in [0.2, 0.25) is 5.91 Å². The molecule has 1 amide bonds. The number of nitrogens with one attached hydrogen (secondary N) is 1. The second kappa shape index (κ2) is 4.64. The number of anilines is 1. The molecule has 0 aromatic heterocycles. The molecule has 1 aromatic rings. The van der Waals surface area contributed by atoms with Crippen LogP contribution in [0.25, 0.3) is 0 Å². The lowest BCUT2D eigenvalue weighted by Crippen LogP contribution is -2.48. The SMILES string of the molecule is CC[C@]1(C)C(=O)N(C2CCNCC2)c2ccccc21. The molecule has 102 valence electrons. The van der Waals surface area contributed by atoms with Crippen molar-refractivity contribution in [2.24, 2.45) is 0 Å². The van der Waals surface area contributed by atoms with E-state index in [2.05, 4.69) is 36.2 Å². The van der Waals surface area contributed by atoms with E-state index < -0.39 is 0 Å². The van der Waals surface area contributed by atoms with E-state index in [0.717, 1.165) is 38.0 Å². The highest BCUT2D eigenvalue weighted by atomic mass is 16.2. The normalized spacial score (nSPS) is 27.7. The van der Waals surface area contributed by atoms with E-state index in [1.165, 1.54) is 5.56 Å². The topological polar surface area (TPSA) is 32.3 Å². The van der Waals surface area contributed by atoms with Gasteiger partial charge in [0.05, 0.1) is 5.41 Å². The van der Waals surface area contributed by atoms with Crippen LogP contribution in [0, 0.1) is 0 Å². The van der Waals surface area contributed by atoms with Gasteiger partial charge < -0.3 is 10.2 Å². The lowest BCUT2D eigenvalue weighted by atomic mass is 9.81. The Morgan fingerprint density at radius 1 is 1.32 bits per heavy atom. The summed E-state index contributed by atoms with van der Waals surface area (Å²) in [5, 5.41) is 3.37. The molecule has 3 heteroatoms. The van der Waals surface area contributed by atoms with Gasteiger partial charge in [-0.25, -0.2) is 0 Å². The maximum Gasteiger partial charge on any atom is 0.237 e. The fourth-order valence-electron chi connectivity index (χ4n) is 3.41. The zero-order chi connectivity index (χ0) is 13.5. The Labute approximate surface area is 115 Å². The van der Waals surface area contributed by atoms with Crippen molar-refractivity contribution in [3.63, 3.8) is 0 Å². The Balaban J connectivity index is 2.04. The maximum atomic E-state index is 12.9. The zero-order valence-corrected chi connectivity index (χ0v) is 11.8. The number of piperidine rings is 1. The lowest BCUT2D eigenvalue weighted by molar-refractivity contribution is -0.123. The smallest absolute Gasteiger partial charge is 0.237 e. The fourth-order valence-corrected chi connectivity index (χ4v) is 3.41. The molecule has 0 unspecified atom stereocenters. The molecule has 0 aliphatic carbocycles. The molecule has 0 saturated carbocycles. The molecule has 3 nitrogen and oxygen atoms in total. The number of fused-ring (bicyclic) bond motifs is 1. The van der Waals surface area contributed by atoms with Gasteiger partial charge in [0.25, 0.3) is 0 Å². The second-order valence-corrected chi connectivity index (χ2v) is 5.86.